The van der Waals surface area contributed by atoms with Gasteiger partial charge in [-0.2, -0.15) is 0 Å². The molecule has 2 amide bonds. The van der Waals surface area contributed by atoms with Gasteiger partial charge in [0.15, 0.2) is 5.16 Å². The summed E-state index contributed by atoms with van der Waals surface area (Å²) < 4.78 is 0. The lowest BCUT2D eigenvalue weighted by molar-refractivity contribution is -0.136. The summed E-state index contributed by atoms with van der Waals surface area (Å²) in [7, 11) is 0. The van der Waals surface area contributed by atoms with Gasteiger partial charge in [-0.25, -0.2) is 9.97 Å². The first-order valence-electron chi connectivity index (χ1n) is 11.5. The highest BCUT2D eigenvalue weighted by molar-refractivity contribution is 8.01. The van der Waals surface area contributed by atoms with Crippen LogP contribution in [0.25, 0.3) is 0 Å². The van der Waals surface area contributed by atoms with Crippen LogP contribution in [0.1, 0.15) is 55.5 Å². The van der Waals surface area contributed by atoms with Crippen molar-refractivity contribution in [3.8, 4) is 0 Å². The fourth-order valence-electron chi connectivity index (χ4n) is 4.37. The van der Waals surface area contributed by atoms with Crippen LogP contribution in [0, 0.1) is 13.8 Å². The number of aryl methyl sites for hydroxylation is 2. The molecule has 0 radical (unpaired) electrons. The van der Waals surface area contributed by atoms with Crippen LogP contribution in [-0.4, -0.2) is 50.2 Å². The number of thioether (sulfide) groups is 1. The number of likely N-dealkylation sites (tertiary alicyclic amines) is 1. The average molecular weight is 451 g/mol. The van der Waals surface area contributed by atoms with Crippen molar-refractivity contribution in [3.05, 3.63) is 53.3 Å². The number of carbonyl (C=O) groups excluding carboxylic acids is 2. The standard InChI is InChI=1S/C25H30N4O2S/c1-17-16-18(2)27-25(26-17)32-22-21(28-20-12-8-3-4-9-13-20)23(30)29(24(22)31)15-14-19-10-6-5-7-11-19/h5-7,10-11,16,20,22H,3-4,8-9,12-15H2,1-2H3/t22-/m1/s1. The Bertz CT molecular complexity index is 980. The van der Waals surface area contributed by atoms with E-state index in [4.69, 9.17) is 4.99 Å². The van der Waals surface area contributed by atoms with E-state index in [1.54, 1.807) is 0 Å². The number of nitrogens with zero attached hydrogens (tertiary/aromatic N) is 4. The lowest BCUT2D eigenvalue weighted by Gasteiger charge is -2.13. The molecule has 0 bridgehead atoms. The highest BCUT2D eigenvalue weighted by atomic mass is 32.2. The molecule has 2 heterocycles. The number of aromatic nitrogens is 2. The van der Waals surface area contributed by atoms with Crippen molar-refractivity contribution in [1.82, 2.24) is 14.9 Å². The van der Waals surface area contributed by atoms with E-state index >= 15 is 0 Å². The molecule has 1 aromatic heterocycles. The Kier molecular flexibility index (Phi) is 7.35. The zero-order valence-electron chi connectivity index (χ0n) is 18.8. The fourth-order valence-corrected chi connectivity index (χ4v) is 5.48. The smallest absolute Gasteiger partial charge is 0.276 e. The summed E-state index contributed by atoms with van der Waals surface area (Å²) in [6, 6.07) is 11.9. The molecule has 6 nitrogen and oxygen atoms in total. The van der Waals surface area contributed by atoms with Crippen molar-refractivity contribution in [2.45, 2.75) is 75.2 Å². The minimum Gasteiger partial charge on any atom is -0.279 e. The number of hydrogen-bond donors (Lipinski definition) is 0. The molecule has 4 rings (SSSR count). The van der Waals surface area contributed by atoms with Gasteiger partial charge in [-0.3, -0.25) is 19.5 Å². The zero-order valence-corrected chi connectivity index (χ0v) is 19.6. The van der Waals surface area contributed by atoms with Gasteiger partial charge in [0.05, 0.1) is 6.04 Å². The number of rotatable bonds is 6. The Morgan fingerprint density at radius 3 is 2.31 bits per heavy atom. The maximum atomic E-state index is 13.4. The second kappa shape index (κ2) is 10.4. The van der Waals surface area contributed by atoms with Crippen LogP contribution in [0.4, 0.5) is 0 Å². The van der Waals surface area contributed by atoms with E-state index in [9.17, 15) is 9.59 Å². The van der Waals surface area contributed by atoms with Crippen molar-refractivity contribution in [2.75, 3.05) is 6.54 Å². The van der Waals surface area contributed by atoms with Gasteiger partial charge >= 0.3 is 0 Å². The Morgan fingerprint density at radius 2 is 1.66 bits per heavy atom. The average Bonchev–Trinajstić information content (AvgIpc) is 2.95. The number of imide groups is 1. The molecule has 2 aliphatic rings. The molecule has 168 valence electrons. The van der Waals surface area contributed by atoms with Crippen molar-refractivity contribution < 1.29 is 9.59 Å². The van der Waals surface area contributed by atoms with Gasteiger partial charge in [-0.1, -0.05) is 67.8 Å². The number of benzene rings is 1. The van der Waals surface area contributed by atoms with E-state index < -0.39 is 5.25 Å². The lowest BCUT2D eigenvalue weighted by atomic mass is 10.1. The molecule has 2 fully saturated rings. The van der Waals surface area contributed by atoms with Gasteiger partial charge in [-0.05, 0) is 44.7 Å². The third-order valence-electron chi connectivity index (χ3n) is 6.00. The number of amides is 2. The van der Waals surface area contributed by atoms with Gasteiger partial charge in [-0.15, -0.1) is 0 Å². The second-order valence-corrected chi connectivity index (χ2v) is 9.69. The molecule has 0 N–H and O–H groups in total. The van der Waals surface area contributed by atoms with Crippen molar-refractivity contribution in [2.24, 2.45) is 4.99 Å². The fraction of sp³-hybridized carbons (Fsp3) is 0.480. The van der Waals surface area contributed by atoms with Crippen LogP contribution in [0.15, 0.2) is 46.5 Å². The third-order valence-corrected chi connectivity index (χ3v) is 7.06. The molecule has 2 aromatic rings. The molecule has 1 saturated heterocycles. The minimum absolute atomic E-state index is 0.113. The van der Waals surface area contributed by atoms with Gasteiger partial charge in [0, 0.05) is 17.9 Å². The summed E-state index contributed by atoms with van der Waals surface area (Å²) in [4.78, 5) is 42.0. The molecule has 1 aromatic carbocycles. The highest BCUT2D eigenvalue weighted by Gasteiger charge is 2.46. The normalized spacial score (nSPS) is 21.4. The summed E-state index contributed by atoms with van der Waals surface area (Å²) in [6.45, 7) is 4.18. The lowest BCUT2D eigenvalue weighted by Crippen LogP contribution is -2.33. The predicted octanol–water partition coefficient (Wildman–Crippen LogP) is 4.33. The van der Waals surface area contributed by atoms with E-state index in [-0.39, 0.29) is 17.9 Å². The van der Waals surface area contributed by atoms with Crippen LogP contribution in [0.2, 0.25) is 0 Å². The molecule has 0 spiro atoms. The van der Waals surface area contributed by atoms with Gasteiger partial charge in [0.2, 0.25) is 5.91 Å². The zero-order chi connectivity index (χ0) is 22.5. The van der Waals surface area contributed by atoms with Crippen LogP contribution >= 0.6 is 11.8 Å². The summed E-state index contributed by atoms with van der Waals surface area (Å²) in [5, 5.41) is -0.158. The predicted molar refractivity (Wildman–Crippen MR) is 127 cm³/mol. The quantitative estimate of drug-likeness (QED) is 0.372. The maximum absolute atomic E-state index is 13.4. The molecule has 1 aliphatic heterocycles. The number of carbonyl (C=O) groups is 2. The topological polar surface area (TPSA) is 75.5 Å². The Labute approximate surface area is 193 Å². The van der Waals surface area contributed by atoms with Crippen LogP contribution < -0.4 is 0 Å². The van der Waals surface area contributed by atoms with Crippen molar-refractivity contribution >= 4 is 29.3 Å². The second-order valence-electron chi connectivity index (χ2n) is 8.62. The molecule has 0 unspecified atom stereocenters. The third kappa shape index (κ3) is 5.44. The Hall–Kier alpha value is -2.54. The first kappa shape index (κ1) is 22.6. The summed E-state index contributed by atoms with van der Waals surface area (Å²) in [6.07, 6.45) is 7.27. The highest BCUT2D eigenvalue weighted by Crippen LogP contribution is 2.30. The van der Waals surface area contributed by atoms with Crippen LogP contribution in [-0.2, 0) is 16.0 Å². The molecule has 1 saturated carbocycles. The molecule has 7 heteroatoms. The molecule has 32 heavy (non-hydrogen) atoms. The monoisotopic (exact) mass is 450 g/mol. The summed E-state index contributed by atoms with van der Waals surface area (Å²) in [5.41, 5.74) is 3.17. The van der Waals surface area contributed by atoms with Crippen LogP contribution in [0.5, 0.6) is 0 Å². The van der Waals surface area contributed by atoms with Gasteiger partial charge in [0.25, 0.3) is 5.91 Å². The molecule has 1 aliphatic carbocycles. The molecular weight excluding hydrogens is 420 g/mol. The van der Waals surface area contributed by atoms with E-state index in [2.05, 4.69) is 9.97 Å². The van der Waals surface area contributed by atoms with E-state index in [0.717, 1.165) is 42.6 Å². The largest absolute Gasteiger partial charge is 0.279 e. The molecule has 1 atom stereocenters. The van der Waals surface area contributed by atoms with Gasteiger partial charge < -0.3 is 0 Å². The van der Waals surface area contributed by atoms with Crippen molar-refractivity contribution in [1.29, 1.82) is 0 Å². The number of hydrogen-bond acceptors (Lipinski definition) is 6. The van der Waals surface area contributed by atoms with Gasteiger partial charge in [0.1, 0.15) is 11.0 Å². The van der Waals surface area contributed by atoms with E-state index in [0.29, 0.717) is 23.8 Å². The Morgan fingerprint density at radius 1 is 1.00 bits per heavy atom. The minimum atomic E-state index is -0.678. The summed E-state index contributed by atoms with van der Waals surface area (Å²) in [5.74, 6) is -0.455. The maximum Gasteiger partial charge on any atom is 0.276 e. The first-order valence-corrected chi connectivity index (χ1v) is 12.4. The van der Waals surface area contributed by atoms with E-state index in [1.165, 1.54) is 29.5 Å². The molecular formula is C25H30N4O2S. The Balaban J connectivity index is 1.60. The van der Waals surface area contributed by atoms with E-state index in [1.807, 2.05) is 50.2 Å². The number of aliphatic imine (C=N–C) groups is 1. The summed E-state index contributed by atoms with van der Waals surface area (Å²) >= 11 is 1.25. The van der Waals surface area contributed by atoms with Crippen LogP contribution in [0.3, 0.4) is 0 Å². The van der Waals surface area contributed by atoms with Crippen molar-refractivity contribution in [3.63, 3.8) is 0 Å². The first-order chi connectivity index (χ1) is 15.5. The SMILES string of the molecule is Cc1cc(C)nc(S[C@H]2C(=O)N(CCc3ccccc3)C(=O)C2=NC2CCCCCC2)n1.